The standard InChI is InChI=1S/C43H26N4/c44-27-28-26-40(46-35-21-9-4-16-30(35)31-17-5-10-22-36(31)46)41-34-20-8-13-25-39(34)45(29-14-2-1-3-15-29)43(41)42(28)47-37-23-11-6-18-32(37)33-19-7-12-24-38(33)47/h1-26H. The first-order valence-corrected chi connectivity index (χ1v) is 15.9. The topological polar surface area (TPSA) is 38.6 Å². The van der Waals surface area contributed by atoms with Gasteiger partial charge in [0.2, 0.25) is 0 Å². The Labute approximate surface area is 270 Å². The molecule has 0 amide bonds. The molecule has 0 aliphatic carbocycles. The van der Waals surface area contributed by atoms with Gasteiger partial charge in [-0.2, -0.15) is 5.26 Å². The summed E-state index contributed by atoms with van der Waals surface area (Å²) in [5.74, 6) is 0. The second kappa shape index (κ2) is 9.71. The molecule has 0 atom stereocenters. The molecule has 0 aliphatic rings. The fraction of sp³-hybridized carbons (Fsp3) is 0. The Kier molecular flexibility index (Phi) is 5.32. The largest absolute Gasteiger partial charge is 0.308 e. The van der Waals surface area contributed by atoms with Gasteiger partial charge in [0.05, 0.1) is 50.0 Å². The molecule has 218 valence electrons. The van der Waals surface area contributed by atoms with Crippen molar-refractivity contribution >= 4 is 65.4 Å². The van der Waals surface area contributed by atoms with E-state index in [-0.39, 0.29) is 0 Å². The van der Waals surface area contributed by atoms with Crippen LogP contribution in [0.25, 0.3) is 82.5 Å². The summed E-state index contributed by atoms with van der Waals surface area (Å²) >= 11 is 0. The SMILES string of the molecule is N#Cc1cc(-n2c3ccccc3c3ccccc32)c2c3ccccc3n(-c3ccccc3)c2c1-n1c2ccccc2c2ccccc21. The summed E-state index contributed by atoms with van der Waals surface area (Å²) in [6.45, 7) is 0. The highest BCUT2D eigenvalue weighted by molar-refractivity contribution is 6.20. The Bertz CT molecular complexity index is 2810. The summed E-state index contributed by atoms with van der Waals surface area (Å²) in [6.07, 6.45) is 0. The van der Waals surface area contributed by atoms with Crippen molar-refractivity contribution in [1.29, 1.82) is 5.26 Å². The molecule has 0 radical (unpaired) electrons. The number of fused-ring (bicyclic) bond motifs is 9. The first-order valence-electron chi connectivity index (χ1n) is 15.9. The molecule has 0 bridgehead atoms. The lowest BCUT2D eigenvalue weighted by molar-refractivity contribution is 1.11. The van der Waals surface area contributed by atoms with Gasteiger partial charge in [-0.1, -0.05) is 109 Å². The maximum atomic E-state index is 11.1. The third-order valence-electron chi connectivity index (χ3n) is 9.65. The molecule has 0 saturated carbocycles. The summed E-state index contributed by atoms with van der Waals surface area (Å²) in [7, 11) is 0. The minimum Gasteiger partial charge on any atom is -0.308 e. The number of rotatable bonds is 3. The fourth-order valence-corrected chi connectivity index (χ4v) is 7.81. The Morgan fingerprint density at radius 1 is 0.404 bits per heavy atom. The van der Waals surface area contributed by atoms with Crippen LogP contribution in [0.2, 0.25) is 0 Å². The third kappa shape index (κ3) is 3.46. The zero-order valence-electron chi connectivity index (χ0n) is 25.3. The second-order valence-electron chi connectivity index (χ2n) is 12.1. The van der Waals surface area contributed by atoms with Crippen LogP contribution in [-0.4, -0.2) is 13.7 Å². The van der Waals surface area contributed by atoms with Gasteiger partial charge in [-0.3, -0.25) is 0 Å². The smallest absolute Gasteiger partial charge is 0.101 e. The molecule has 10 aromatic rings. The number of hydrogen-bond acceptors (Lipinski definition) is 1. The quantitative estimate of drug-likeness (QED) is 0.199. The molecule has 0 saturated heterocycles. The van der Waals surface area contributed by atoms with Crippen molar-refractivity contribution in [2.24, 2.45) is 0 Å². The van der Waals surface area contributed by atoms with E-state index in [1.165, 1.54) is 10.8 Å². The fourth-order valence-electron chi connectivity index (χ4n) is 7.81. The number of para-hydroxylation sites is 6. The maximum absolute atomic E-state index is 11.1. The molecule has 10 rings (SSSR count). The Hall–Kier alpha value is -6.57. The number of nitrogens with zero attached hydrogens (tertiary/aromatic N) is 4. The number of aromatic nitrogens is 3. The predicted octanol–water partition coefficient (Wildman–Crippen LogP) is 10.8. The van der Waals surface area contributed by atoms with Gasteiger partial charge in [-0.05, 0) is 48.5 Å². The first kappa shape index (κ1) is 25.7. The highest BCUT2D eigenvalue weighted by Gasteiger charge is 2.27. The summed E-state index contributed by atoms with van der Waals surface area (Å²) in [5, 5.41) is 18.1. The van der Waals surface area contributed by atoms with Gasteiger partial charge in [0.1, 0.15) is 6.07 Å². The normalized spacial score (nSPS) is 11.8. The van der Waals surface area contributed by atoms with E-state index < -0.39 is 0 Å². The van der Waals surface area contributed by atoms with Crippen LogP contribution in [0.5, 0.6) is 0 Å². The van der Waals surface area contributed by atoms with Crippen LogP contribution in [0.1, 0.15) is 5.56 Å². The minimum absolute atomic E-state index is 0.612. The van der Waals surface area contributed by atoms with Crippen LogP contribution >= 0.6 is 0 Å². The molecular formula is C43H26N4. The monoisotopic (exact) mass is 598 g/mol. The lowest BCUT2D eigenvalue weighted by Crippen LogP contribution is -2.06. The molecule has 0 spiro atoms. The van der Waals surface area contributed by atoms with Crippen molar-refractivity contribution in [1.82, 2.24) is 13.7 Å². The second-order valence-corrected chi connectivity index (χ2v) is 12.1. The van der Waals surface area contributed by atoms with E-state index in [1.807, 2.05) is 0 Å². The summed E-state index contributed by atoms with van der Waals surface area (Å²) in [5.41, 5.74) is 9.98. The summed E-state index contributed by atoms with van der Waals surface area (Å²) < 4.78 is 7.01. The zero-order valence-corrected chi connectivity index (χ0v) is 25.3. The van der Waals surface area contributed by atoms with Crippen molar-refractivity contribution < 1.29 is 0 Å². The van der Waals surface area contributed by atoms with Crippen LogP contribution in [0.3, 0.4) is 0 Å². The lowest BCUT2D eigenvalue weighted by Gasteiger charge is -2.19. The van der Waals surface area contributed by atoms with Crippen molar-refractivity contribution in [3.63, 3.8) is 0 Å². The van der Waals surface area contributed by atoms with Gasteiger partial charge in [-0.25, -0.2) is 0 Å². The molecule has 47 heavy (non-hydrogen) atoms. The average molecular weight is 599 g/mol. The molecular weight excluding hydrogens is 573 g/mol. The summed E-state index contributed by atoms with van der Waals surface area (Å²) in [6, 6.07) is 58.1. The van der Waals surface area contributed by atoms with Crippen LogP contribution in [0.4, 0.5) is 0 Å². The van der Waals surface area contributed by atoms with Gasteiger partial charge < -0.3 is 13.7 Å². The third-order valence-corrected chi connectivity index (χ3v) is 9.65. The molecule has 7 aromatic carbocycles. The van der Waals surface area contributed by atoms with Crippen molar-refractivity contribution in [3.8, 4) is 23.1 Å². The van der Waals surface area contributed by atoms with Gasteiger partial charge in [-0.15, -0.1) is 0 Å². The van der Waals surface area contributed by atoms with E-state index in [2.05, 4.69) is 177 Å². The molecule has 4 heteroatoms. The van der Waals surface area contributed by atoms with Crippen LogP contribution in [0.15, 0.2) is 158 Å². The van der Waals surface area contributed by atoms with Gasteiger partial charge >= 0.3 is 0 Å². The molecule has 3 aromatic heterocycles. The number of benzene rings is 7. The Morgan fingerprint density at radius 3 is 1.30 bits per heavy atom. The zero-order chi connectivity index (χ0) is 31.1. The van der Waals surface area contributed by atoms with Gasteiger partial charge in [0.25, 0.3) is 0 Å². The van der Waals surface area contributed by atoms with Crippen LogP contribution in [0, 0.1) is 11.3 Å². The molecule has 0 aliphatic heterocycles. The van der Waals surface area contributed by atoms with E-state index in [9.17, 15) is 5.26 Å². The van der Waals surface area contributed by atoms with Crippen molar-refractivity contribution in [2.45, 2.75) is 0 Å². The van der Waals surface area contributed by atoms with E-state index in [4.69, 9.17) is 0 Å². The average Bonchev–Trinajstić information content (AvgIpc) is 3.78. The number of nitriles is 1. The van der Waals surface area contributed by atoms with E-state index >= 15 is 0 Å². The molecule has 3 heterocycles. The molecule has 4 nitrogen and oxygen atoms in total. The first-order chi connectivity index (χ1) is 23.3. The highest BCUT2D eigenvalue weighted by atomic mass is 15.1. The predicted molar refractivity (Wildman–Crippen MR) is 194 cm³/mol. The maximum Gasteiger partial charge on any atom is 0.101 e. The Morgan fingerprint density at radius 2 is 0.809 bits per heavy atom. The van der Waals surface area contributed by atoms with Crippen molar-refractivity contribution in [2.75, 3.05) is 0 Å². The van der Waals surface area contributed by atoms with Crippen LogP contribution < -0.4 is 0 Å². The molecule has 0 unspecified atom stereocenters. The lowest BCUT2D eigenvalue weighted by atomic mass is 10.0. The van der Waals surface area contributed by atoms with E-state index in [1.54, 1.807) is 0 Å². The van der Waals surface area contributed by atoms with Gasteiger partial charge in [0.15, 0.2) is 0 Å². The Balaban J connectivity index is 1.51. The van der Waals surface area contributed by atoms with E-state index in [0.717, 1.165) is 71.7 Å². The van der Waals surface area contributed by atoms with Crippen LogP contribution in [-0.2, 0) is 0 Å². The highest BCUT2D eigenvalue weighted by Crippen LogP contribution is 2.45. The van der Waals surface area contributed by atoms with E-state index in [0.29, 0.717) is 5.56 Å². The van der Waals surface area contributed by atoms with Gasteiger partial charge in [0, 0.05) is 38.0 Å². The summed E-state index contributed by atoms with van der Waals surface area (Å²) in [4.78, 5) is 0. The van der Waals surface area contributed by atoms with Crippen molar-refractivity contribution in [3.05, 3.63) is 163 Å². The minimum atomic E-state index is 0.612. The number of hydrogen-bond donors (Lipinski definition) is 0. The molecule has 0 fully saturated rings. The molecule has 0 N–H and O–H groups in total.